The molecule has 0 bridgehead atoms. The monoisotopic (exact) mass is 238 g/mol. The summed E-state index contributed by atoms with van der Waals surface area (Å²) in [7, 11) is 1.45. The van der Waals surface area contributed by atoms with Crippen LogP contribution < -0.4 is 10.5 Å². The molecule has 0 unspecified atom stereocenters. The second kappa shape index (κ2) is 4.49. The van der Waals surface area contributed by atoms with Crippen LogP contribution in [0.15, 0.2) is 24.4 Å². The Morgan fingerprint density at radius 3 is 2.88 bits per heavy atom. The molecule has 5 heteroatoms. The van der Waals surface area contributed by atoms with Gasteiger partial charge in [0.05, 0.1) is 7.11 Å². The molecule has 0 spiro atoms. The fraction of sp³-hybridized carbons (Fsp3) is 0.182. The number of nitrogens with zero attached hydrogens (tertiary/aromatic N) is 1. The summed E-state index contributed by atoms with van der Waals surface area (Å²) in [4.78, 5) is 4.96. The molecule has 0 amide bonds. The average Bonchev–Trinajstić information content (AvgIpc) is 2.64. The first-order chi connectivity index (χ1) is 7.69. The third-order valence-electron chi connectivity index (χ3n) is 2.17. The molecule has 0 aliphatic heterocycles. The van der Waals surface area contributed by atoms with Gasteiger partial charge in [-0.05, 0) is 17.7 Å². The largest absolute Gasteiger partial charge is 0.494 e. The summed E-state index contributed by atoms with van der Waals surface area (Å²) in [6.07, 6.45) is 2.35. The van der Waals surface area contributed by atoms with Gasteiger partial charge in [0.1, 0.15) is 0 Å². The van der Waals surface area contributed by atoms with Crippen molar-refractivity contribution in [1.82, 2.24) is 4.98 Å². The highest BCUT2D eigenvalue weighted by molar-refractivity contribution is 7.15. The van der Waals surface area contributed by atoms with Crippen molar-refractivity contribution in [1.29, 1.82) is 0 Å². The van der Waals surface area contributed by atoms with E-state index in [4.69, 9.17) is 10.5 Å². The number of aromatic nitrogens is 1. The number of methoxy groups -OCH3 is 1. The Labute approximate surface area is 96.7 Å². The highest BCUT2D eigenvalue weighted by Gasteiger charge is 2.05. The molecule has 2 N–H and O–H groups in total. The Morgan fingerprint density at radius 1 is 1.50 bits per heavy atom. The van der Waals surface area contributed by atoms with Gasteiger partial charge in [-0.1, -0.05) is 6.07 Å². The van der Waals surface area contributed by atoms with Gasteiger partial charge in [-0.3, -0.25) is 0 Å². The molecule has 2 aromatic rings. The Kier molecular flexibility index (Phi) is 3.05. The average molecular weight is 238 g/mol. The van der Waals surface area contributed by atoms with Gasteiger partial charge in [-0.25, -0.2) is 9.37 Å². The Morgan fingerprint density at radius 2 is 2.31 bits per heavy atom. The first kappa shape index (κ1) is 10.9. The zero-order chi connectivity index (χ0) is 11.5. The molecule has 0 aliphatic carbocycles. The van der Waals surface area contributed by atoms with E-state index in [0.717, 1.165) is 10.4 Å². The Balaban J connectivity index is 2.19. The highest BCUT2D eigenvalue weighted by atomic mass is 32.1. The number of hydrogen-bond acceptors (Lipinski definition) is 4. The van der Waals surface area contributed by atoms with Crippen molar-refractivity contribution in [3.05, 3.63) is 40.7 Å². The molecular weight excluding hydrogens is 227 g/mol. The van der Waals surface area contributed by atoms with Crippen molar-refractivity contribution in [3.63, 3.8) is 0 Å². The maximum atomic E-state index is 13.4. The van der Waals surface area contributed by atoms with Crippen molar-refractivity contribution in [2.45, 2.75) is 6.42 Å². The molecule has 0 saturated heterocycles. The van der Waals surface area contributed by atoms with E-state index in [9.17, 15) is 4.39 Å². The number of anilines is 1. The fourth-order valence-corrected chi connectivity index (χ4v) is 2.14. The van der Waals surface area contributed by atoms with E-state index < -0.39 is 0 Å². The number of hydrogen-bond donors (Lipinski definition) is 1. The van der Waals surface area contributed by atoms with Gasteiger partial charge in [0, 0.05) is 17.5 Å². The number of benzene rings is 1. The first-order valence-corrected chi connectivity index (χ1v) is 5.53. The van der Waals surface area contributed by atoms with Crippen molar-refractivity contribution in [2.75, 3.05) is 12.8 Å². The lowest BCUT2D eigenvalue weighted by Crippen LogP contribution is -1.91. The highest BCUT2D eigenvalue weighted by Crippen LogP contribution is 2.22. The van der Waals surface area contributed by atoms with E-state index in [1.807, 2.05) is 6.07 Å². The zero-order valence-electron chi connectivity index (χ0n) is 8.74. The molecule has 1 aromatic carbocycles. The minimum atomic E-state index is -0.350. The normalized spacial score (nSPS) is 10.4. The van der Waals surface area contributed by atoms with Gasteiger partial charge in [-0.15, -0.1) is 11.3 Å². The number of nitrogens with two attached hydrogens (primary N) is 1. The molecule has 1 heterocycles. The van der Waals surface area contributed by atoms with Gasteiger partial charge in [-0.2, -0.15) is 0 Å². The summed E-state index contributed by atoms with van der Waals surface area (Å²) in [6.45, 7) is 0. The van der Waals surface area contributed by atoms with Crippen LogP contribution in [0.1, 0.15) is 10.4 Å². The third kappa shape index (κ3) is 2.30. The van der Waals surface area contributed by atoms with Crippen LogP contribution in [0, 0.1) is 5.82 Å². The Bertz CT molecular complexity index is 498. The topological polar surface area (TPSA) is 48.1 Å². The molecular formula is C11H11FN2OS. The van der Waals surface area contributed by atoms with E-state index >= 15 is 0 Å². The van der Waals surface area contributed by atoms with Crippen molar-refractivity contribution in [3.8, 4) is 5.75 Å². The van der Waals surface area contributed by atoms with Crippen LogP contribution in [0.2, 0.25) is 0 Å². The standard InChI is InChI=1S/C11H11FN2OS/c1-15-10-3-2-7(5-9(10)12)4-8-6-14-11(13)16-8/h2-3,5-6H,4H2,1H3,(H2,13,14). The van der Waals surface area contributed by atoms with Crippen LogP contribution in [0.25, 0.3) is 0 Å². The lowest BCUT2D eigenvalue weighted by atomic mass is 10.1. The number of nitrogen functional groups attached to an aromatic ring is 1. The van der Waals surface area contributed by atoms with Crippen LogP contribution >= 0.6 is 11.3 Å². The van der Waals surface area contributed by atoms with E-state index in [1.165, 1.54) is 24.5 Å². The minimum absolute atomic E-state index is 0.257. The predicted molar refractivity (Wildman–Crippen MR) is 62.3 cm³/mol. The summed E-state index contributed by atoms with van der Waals surface area (Å²) in [5, 5.41) is 0.531. The lowest BCUT2D eigenvalue weighted by molar-refractivity contribution is 0.386. The smallest absolute Gasteiger partial charge is 0.180 e. The van der Waals surface area contributed by atoms with Gasteiger partial charge in [0.2, 0.25) is 0 Å². The molecule has 84 valence electrons. The summed E-state index contributed by atoms with van der Waals surface area (Å²) >= 11 is 1.41. The SMILES string of the molecule is COc1ccc(Cc2cnc(N)s2)cc1F. The first-order valence-electron chi connectivity index (χ1n) is 4.71. The maximum Gasteiger partial charge on any atom is 0.180 e. The molecule has 3 nitrogen and oxygen atoms in total. The molecule has 0 atom stereocenters. The maximum absolute atomic E-state index is 13.4. The van der Waals surface area contributed by atoms with Gasteiger partial charge in [0.25, 0.3) is 0 Å². The van der Waals surface area contributed by atoms with E-state index in [0.29, 0.717) is 11.6 Å². The van der Waals surface area contributed by atoms with Crippen molar-refractivity contribution >= 4 is 16.5 Å². The molecule has 0 aliphatic rings. The summed E-state index contributed by atoms with van der Waals surface area (Å²) < 4.78 is 18.2. The number of halogens is 1. The molecule has 0 fully saturated rings. The van der Waals surface area contributed by atoms with Gasteiger partial charge in [0.15, 0.2) is 16.7 Å². The van der Waals surface area contributed by atoms with Gasteiger partial charge < -0.3 is 10.5 Å². The Hall–Kier alpha value is -1.62. The quantitative estimate of drug-likeness (QED) is 0.893. The number of ether oxygens (including phenoxy) is 1. The lowest BCUT2D eigenvalue weighted by Gasteiger charge is -2.03. The number of thiazole rings is 1. The van der Waals surface area contributed by atoms with Crippen molar-refractivity contribution in [2.24, 2.45) is 0 Å². The molecule has 0 radical (unpaired) electrons. The molecule has 2 rings (SSSR count). The fourth-order valence-electron chi connectivity index (χ4n) is 1.43. The minimum Gasteiger partial charge on any atom is -0.494 e. The summed E-state index contributed by atoms with van der Waals surface area (Å²) in [6, 6.07) is 4.92. The van der Waals surface area contributed by atoms with Crippen LogP contribution in [-0.4, -0.2) is 12.1 Å². The zero-order valence-corrected chi connectivity index (χ0v) is 9.55. The van der Waals surface area contributed by atoms with Crippen LogP contribution in [0.3, 0.4) is 0 Å². The van der Waals surface area contributed by atoms with Crippen LogP contribution in [0.4, 0.5) is 9.52 Å². The van der Waals surface area contributed by atoms with Gasteiger partial charge >= 0.3 is 0 Å². The third-order valence-corrected chi connectivity index (χ3v) is 2.99. The predicted octanol–water partition coefficient (Wildman–Crippen LogP) is 2.46. The van der Waals surface area contributed by atoms with E-state index in [2.05, 4.69) is 4.98 Å². The van der Waals surface area contributed by atoms with Crippen LogP contribution in [0.5, 0.6) is 5.75 Å². The van der Waals surface area contributed by atoms with Crippen LogP contribution in [-0.2, 0) is 6.42 Å². The molecule has 0 saturated carbocycles. The second-order valence-electron chi connectivity index (χ2n) is 3.31. The number of rotatable bonds is 3. The molecule has 16 heavy (non-hydrogen) atoms. The summed E-state index contributed by atoms with van der Waals surface area (Å²) in [5.41, 5.74) is 6.40. The summed E-state index contributed by atoms with van der Waals surface area (Å²) in [5.74, 6) is -0.0925. The second-order valence-corrected chi connectivity index (χ2v) is 4.46. The van der Waals surface area contributed by atoms with E-state index in [1.54, 1.807) is 12.3 Å². The molecule has 1 aromatic heterocycles. The van der Waals surface area contributed by atoms with Crippen molar-refractivity contribution < 1.29 is 9.13 Å². The van der Waals surface area contributed by atoms with E-state index in [-0.39, 0.29) is 11.6 Å².